The second-order valence-electron chi connectivity index (χ2n) is 4.49. The molecule has 0 fully saturated rings. The van der Waals surface area contributed by atoms with Gasteiger partial charge in [0.1, 0.15) is 5.75 Å². The van der Waals surface area contributed by atoms with E-state index in [1.807, 2.05) is 30.7 Å². The van der Waals surface area contributed by atoms with Gasteiger partial charge in [-0.2, -0.15) is 0 Å². The lowest BCUT2D eigenvalue weighted by Gasteiger charge is -2.07. The number of fused-ring (bicyclic) bond motifs is 1. The van der Waals surface area contributed by atoms with E-state index in [0.29, 0.717) is 6.42 Å². The fraction of sp³-hybridized carbons (Fsp3) is 0.357. The van der Waals surface area contributed by atoms with Crippen molar-refractivity contribution in [1.29, 1.82) is 0 Å². The van der Waals surface area contributed by atoms with Gasteiger partial charge in [-0.25, -0.2) is 0 Å². The van der Waals surface area contributed by atoms with Gasteiger partial charge in [0.2, 0.25) is 0 Å². The molecule has 4 heteroatoms. The van der Waals surface area contributed by atoms with Gasteiger partial charge in [0.05, 0.1) is 19.0 Å². The predicted molar refractivity (Wildman–Crippen MR) is 70.2 cm³/mol. The molecule has 0 atom stereocenters. The molecule has 0 bridgehead atoms. The van der Waals surface area contributed by atoms with Crippen LogP contribution in [0, 0.1) is 6.92 Å². The smallest absolute Gasteiger partial charge is 0.303 e. The minimum absolute atomic E-state index is 0.144. The van der Waals surface area contributed by atoms with Crippen LogP contribution in [0.25, 0.3) is 10.9 Å². The van der Waals surface area contributed by atoms with Crippen LogP contribution in [-0.2, 0) is 18.3 Å². The Kier molecular flexibility index (Phi) is 3.28. The van der Waals surface area contributed by atoms with E-state index in [4.69, 9.17) is 9.84 Å². The summed E-state index contributed by atoms with van der Waals surface area (Å²) in [6, 6.07) is 6.11. The van der Waals surface area contributed by atoms with E-state index in [0.717, 1.165) is 27.9 Å². The van der Waals surface area contributed by atoms with Gasteiger partial charge in [0.25, 0.3) is 0 Å². The standard InChI is InChI=1S/C14H17NO3/c1-9-6-10-8-11(4-5-13(16)17)15(2)14(10)12(7-9)18-3/h6-8H,4-5H2,1-3H3,(H,16,17). The number of nitrogens with zero attached hydrogens (tertiary/aromatic N) is 1. The zero-order valence-electron chi connectivity index (χ0n) is 10.9. The Labute approximate surface area is 106 Å². The average Bonchev–Trinajstić information content (AvgIpc) is 2.62. The number of hydrogen-bond acceptors (Lipinski definition) is 2. The molecule has 0 saturated carbocycles. The highest BCUT2D eigenvalue weighted by Gasteiger charge is 2.12. The summed E-state index contributed by atoms with van der Waals surface area (Å²) in [5.74, 6) is 0.0532. The van der Waals surface area contributed by atoms with Crippen LogP contribution in [0.15, 0.2) is 18.2 Å². The van der Waals surface area contributed by atoms with Crippen molar-refractivity contribution in [2.45, 2.75) is 19.8 Å². The SMILES string of the molecule is COc1cc(C)cc2cc(CCC(=O)O)n(C)c12. The highest BCUT2D eigenvalue weighted by molar-refractivity contribution is 5.88. The molecular formula is C14H17NO3. The fourth-order valence-corrected chi connectivity index (χ4v) is 2.29. The first-order valence-electron chi connectivity index (χ1n) is 5.87. The van der Waals surface area contributed by atoms with Crippen LogP contribution in [0.5, 0.6) is 5.75 Å². The van der Waals surface area contributed by atoms with Crippen LogP contribution < -0.4 is 4.74 Å². The number of aryl methyl sites for hydroxylation is 3. The van der Waals surface area contributed by atoms with Crippen LogP contribution in [0.1, 0.15) is 17.7 Å². The average molecular weight is 247 g/mol. The lowest BCUT2D eigenvalue weighted by molar-refractivity contribution is -0.136. The van der Waals surface area contributed by atoms with E-state index in [1.165, 1.54) is 0 Å². The largest absolute Gasteiger partial charge is 0.495 e. The first kappa shape index (κ1) is 12.5. The molecule has 4 nitrogen and oxygen atoms in total. The maximum absolute atomic E-state index is 10.6. The lowest BCUT2D eigenvalue weighted by atomic mass is 10.1. The summed E-state index contributed by atoms with van der Waals surface area (Å²) < 4.78 is 7.40. The summed E-state index contributed by atoms with van der Waals surface area (Å²) in [4.78, 5) is 10.6. The van der Waals surface area contributed by atoms with Crippen molar-refractivity contribution < 1.29 is 14.6 Å². The molecule has 0 spiro atoms. The fourth-order valence-electron chi connectivity index (χ4n) is 2.29. The Morgan fingerprint density at radius 3 is 2.72 bits per heavy atom. The maximum atomic E-state index is 10.6. The van der Waals surface area contributed by atoms with E-state index in [2.05, 4.69) is 6.07 Å². The first-order chi connectivity index (χ1) is 8.52. The van der Waals surface area contributed by atoms with Gasteiger partial charge < -0.3 is 14.4 Å². The van der Waals surface area contributed by atoms with Crippen LogP contribution >= 0.6 is 0 Å². The molecule has 0 aliphatic carbocycles. The molecule has 0 aliphatic heterocycles. The molecule has 2 rings (SSSR count). The molecule has 0 radical (unpaired) electrons. The first-order valence-corrected chi connectivity index (χ1v) is 5.87. The number of benzene rings is 1. The minimum atomic E-state index is -0.775. The number of carboxylic acids is 1. The number of aromatic nitrogens is 1. The summed E-state index contributed by atoms with van der Waals surface area (Å²) in [7, 11) is 3.59. The van der Waals surface area contributed by atoms with Crippen LogP contribution in [-0.4, -0.2) is 22.8 Å². The topological polar surface area (TPSA) is 51.5 Å². The summed E-state index contributed by atoms with van der Waals surface area (Å²) >= 11 is 0. The molecule has 18 heavy (non-hydrogen) atoms. The highest BCUT2D eigenvalue weighted by Crippen LogP contribution is 2.30. The maximum Gasteiger partial charge on any atom is 0.303 e. The number of aliphatic carboxylic acids is 1. The molecule has 0 aliphatic rings. The number of hydrogen-bond donors (Lipinski definition) is 1. The Balaban J connectivity index is 2.51. The van der Waals surface area contributed by atoms with Gasteiger partial charge in [-0.3, -0.25) is 4.79 Å². The van der Waals surface area contributed by atoms with Gasteiger partial charge in [-0.1, -0.05) is 0 Å². The number of rotatable bonds is 4. The Morgan fingerprint density at radius 1 is 1.39 bits per heavy atom. The second kappa shape index (κ2) is 4.72. The normalized spacial score (nSPS) is 10.8. The molecule has 1 aromatic carbocycles. The quantitative estimate of drug-likeness (QED) is 0.903. The summed E-state index contributed by atoms with van der Waals surface area (Å²) in [6.45, 7) is 2.02. The van der Waals surface area contributed by atoms with Crippen molar-refractivity contribution >= 4 is 16.9 Å². The van der Waals surface area contributed by atoms with E-state index in [1.54, 1.807) is 7.11 Å². The van der Waals surface area contributed by atoms with Crippen LogP contribution in [0.3, 0.4) is 0 Å². The molecule has 1 heterocycles. The number of ether oxygens (including phenoxy) is 1. The van der Waals surface area contributed by atoms with Crippen molar-refractivity contribution in [3.8, 4) is 5.75 Å². The second-order valence-corrected chi connectivity index (χ2v) is 4.49. The van der Waals surface area contributed by atoms with Crippen molar-refractivity contribution in [3.05, 3.63) is 29.5 Å². The third-order valence-electron chi connectivity index (χ3n) is 3.15. The Bertz CT molecular complexity index is 599. The van der Waals surface area contributed by atoms with Crippen molar-refractivity contribution in [3.63, 3.8) is 0 Å². The zero-order valence-corrected chi connectivity index (χ0v) is 10.9. The zero-order chi connectivity index (χ0) is 13.3. The Morgan fingerprint density at radius 2 is 2.11 bits per heavy atom. The van der Waals surface area contributed by atoms with E-state index in [9.17, 15) is 4.79 Å². The van der Waals surface area contributed by atoms with Crippen molar-refractivity contribution in [2.24, 2.45) is 7.05 Å². The van der Waals surface area contributed by atoms with Crippen LogP contribution in [0.4, 0.5) is 0 Å². The van der Waals surface area contributed by atoms with Crippen molar-refractivity contribution in [1.82, 2.24) is 4.57 Å². The molecule has 0 amide bonds. The van der Waals surface area contributed by atoms with E-state index in [-0.39, 0.29) is 6.42 Å². The van der Waals surface area contributed by atoms with E-state index < -0.39 is 5.97 Å². The molecule has 1 aromatic heterocycles. The Hall–Kier alpha value is -1.97. The third-order valence-corrected chi connectivity index (χ3v) is 3.15. The third kappa shape index (κ3) is 2.18. The molecular weight excluding hydrogens is 230 g/mol. The predicted octanol–water partition coefficient (Wildman–Crippen LogP) is 2.51. The molecule has 0 unspecified atom stereocenters. The number of carboxylic acid groups (broad SMARTS) is 1. The van der Waals surface area contributed by atoms with E-state index >= 15 is 0 Å². The van der Waals surface area contributed by atoms with Gasteiger partial charge >= 0.3 is 5.97 Å². The van der Waals surface area contributed by atoms with Crippen LogP contribution in [0.2, 0.25) is 0 Å². The van der Waals surface area contributed by atoms with Gasteiger partial charge in [0.15, 0.2) is 0 Å². The lowest BCUT2D eigenvalue weighted by Crippen LogP contribution is -2.02. The molecule has 0 saturated heterocycles. The minimum Gasteiger partial charge on any atom is -0.495 e. The highest BCUT2D eigenvalue weighted by atomic mass is 16.5. The molecule has 1 N–H and O–H groups in total. The summed E-state index contributed by atoms with van der Waals surface area (Å²) in [6.07, 6.45) is 0.675. The van der Waals surface area contributed by atoms with Gasteiger partial charge in [-0.15, -0.1) is 0 Å². The summed E-state index contributed by atoms with van der Waals surface area (Å²) in [5.41, 5.74) is 3.16. The van der Waals surface area contributed by atoms with Gasteiger partial charge in [-0.05, 0) is 37.1 Å². The number of carbonyl (C=O) groups is 1. The molecule has 2 aromatic rings. The van der Waals surface area contributed by atoms with Gasteiger partial charge in [0, 0.05) is 18.1 Å². The number of methoxy groups -OCH3 is 1. The monoisotopic (exact) mass is 247 g/mol. The van der Waals surface area contributed by atoms with Crippen molar-refractivity contribution in [2.75, 3.05) is 7.11 Å². The molecule has 96 valence electrons. The summed E-state index contributed by atoms with van der Waals surface area (Å²) in [5, 5.41) is 9.84.